The Labute approximate surface area is 133 Å². The number of halogens is 1. The van der Waals surface area contributed by atoms with Crippen LogP contribution in [-0.2, 0) is 0 Å². The number of hydrogen-bond acceptors (Lipinski definition) is 3. The molecular weight excluding hydrogens is 367 g/mol. The van der Waals surface area contributed by atoms with Crippen LogP contribution in [-0.4, -0.2) is 41.1 Å². The lowest BCUT2D eigenvalue weighted by molar-refractivity contribution is 0.0573. The molecule has 2 N–H and O–H groups in total. The summed E-state index contributed by atoms with van der Waals surface area (Å²) < 4.78 is 0.957. The van der Waals surface area contributed by atoms with E-state index in [9.17, 15) is 9.90 Å². The molecule has 0 spiro atoms. The van der Waals surface area contributed by atoms with E-state index in [0.717, 1.165) is 23.0 Å². The number of nitrogens with one attached hydrogen (secondary N) is 1. The topological polar surface area (TPSA) is 52.6 Å². The maximum atomic E-state index is 12.7. The van der Waals surface area contributed by atoms with Gasteiger partial charge in [-0.15, -0.1) is 0 Å². The summed E-state index contributed by atoms with van der Waals surface area (Å²) in [6.45, 7) is 5.74. The number of benzene rings is 1. The third-order valence-corrected chi connectivity index (χ3v) is 4.58. The largest absolute Gasteiger partial charge is 0.507 e. The number of amides is 1. The fraction of sp³-hybridized carbons (Fsp3) is 0.533. The summed E-state index contributed by atoms with van der Waals surface area (Å²) in [5, 5.41) is 13.4. The molecule has 1 heterocycles. The molecule has 1 aromatic rings. The first-order chi connectivity index (χ1) is 9.56. The summed E-state index contributed by atoms with van der Waals surface area (Å²) in [5.74, 6) is 0.00432. The van der Waals surface area contributed by atoms with E-state index in [-0.39, 0.29) is 17.7 Å². The Bertz CT molecular complexity index is 493. The molecule has 0 radical (unpaired) electrons. The van der Waals surface area contributed by atoms with Crippen LogP contribution >= 0.6 is 22.6 Å². The van der Waals surface area contributed by atoms with Gasteiger partial charge >= 0.3 is 0 Å². The molecule has 0 aliphatic carbocycles. The lowest BCUT2D eigenvalue weighted by atomic mass is 10.0. The summed E-state index contributed by atoms with van der Waals surface area (Å²) in [7, 11) is 0. The first kappa shape index (κ1) is 15.6. The predicted octanol–water partition coefficient (Wildman–Crippen LogP) is 2.60. The third-order valence-electron chi connectivity index (χ3n) is 3.91. The van der Waals surface area contributed by atoms with Crippen molar-refractivity contribution in [1.29, 1.82) is 0 Å². The van der Waals surface area contributed by atoms with Gasteiger partial charge in [0.15, 0.2) is 0 Å². The zero-order chi connectivity index (χ0) is 14.7. The van der Waals surface area contributed by atoms with Gasteiger partial charge in [-0.2, -0.15) is 0 Å². The third kappa shape index (κ3) is 3.25. The summed E-state index contributed by atoms with van der Waals surface area (Å²) in [4.78, 5) is 14.7. The Kier molecular flexibility index (Phi) is 5.26. The Morgan fingerprint density at radius 3 is 2.85 bits per heavy atom. The number of phenols is 1. The molecule has 4 nitrogen and oxygen atoms in total. The molecule has 2 rings (SSSR count). The Balaban J connectivity index is 2.26. The SMILES string of the molecule is CCC1CN(C(=O)c2cc(I)ccc2O)C(CC)CN1. The Morgan fingerprint density at radius 2 is 2.20 bits per heavy atom. The molecule has 110 valence electrons. The van der Waals surface area contributed by atoms with Crippen molar-refractivity contribution in [2.24, 2.45) is 0 Å². The zero-order valence-electron chi connectivity index (χ0n) is 11.9. The molecule has 1 aliphatic rings. The van der Waals surface area contributed by atoms with Gasteiger partial charge in [0, 0.05) is 28.7 Å². The van der Waals surface area contributed by atoms with Gasteiger partial charge in [0.25, 0.3) is 5.91 Å². The van der Waals surface area contributed by atoms with E-state index in [4.69, 9.17) is 0 Å². The maximum Gasteiger partial charge on any atom is 0.257 e. The second kappa shape index (κ2) is 6.76. The molecule has 1 fully saturated rings. The number of piperazine rings is 1. The number of rotatable bonds is 3. The van der Waals surface area contributed by atoms with Gasteiger partial charge in [0.05, 0.1) is 5.56 Å². The van der Waals surface area contributed by atoms with Gasteiger partial charge in [-0.1, -0.05) is 13.8 Å². The lowest BCUT2D eigenvalue weighted by Crippen LogP contribution is -2.57. The number of hydrogen-bond donors (Lipinski definition) is 2. The number of phenolic OH excluding ortho intramolecular Hbond substituents is 1. The highest BCUT2D eigenvalue weighted by atomic mass is 127. The Morgan fingerprint density at radius 1 is 1.45 bits per heavy atom. The van der Waals surface area contributed by atoms with E-state index in [2.05, 4.69) is 41.8 Å². The molecule has 0 saturated carbocycles. The number of aromatic hydroxyl groups is 1. The highest BCUT2D eigenvalue weighted by Crippen LogP contribution is 2.24. The minimum atomic E-state index is -0.0622. The second-order valence-electron chi connectivity index (χ2n) is 5.19. The number of nitrogens with zero attached hydrogens (tertiary/aromatic N) is 1. The van der Waals surface area contributed by atoms with E-state index >= 15 is 0 Å². The van der Waals surface area contributed by atoms with Crippen LogP contribution in [0.1, 0.15) is 37.0 Å². The molecule has 20 heavy (non-hydrogen) atoms. The minimum Gasteiger partial charge on any atom is -0.507 e. The molecule has 1 saturated heterocycles. The molecule has 1 aliphatic heterocycles. The van der Waals surface area contributed by atoms with Crippen molar-refractivity contribution in [3.05, 3.63) is 27.3 Å². The van der Waals surface area contributed by atoms with Crippen LogP contribution < -0.4 is 5.32 Å². The van der Waals surface area contributed by atoms with Gasteiger partial charge in [0.1, 0.15) is 5.75 Å². The van der Waals surface area contributed by atoms with E-state index < -0.39 is 0 Å². The molecule has 0 bridgehead atoms. The molecule has 0 aromatic heterocycles. The first-order valence-corrected chi connectivity index (χ1v) is 8.17. The zero-order valence-corrected chi connectivity index (χ0v) is 14.1. The summed E-state index contributed by atoms with van der Waals surface area (Å²) in [6.07, 6.45) is 1.92. The highest BCUT2D eigenvalue weighted by molar-refractivity contribution is 14.1. The standard InChI is InChI=1S/C15H21IN2O2/c1-3-11-9-18(12(4-2)8-17-11)15(20)13-7-10(16)5-6-14(13)19/h5-7,11-12,17,19H,3-4,8-9H2,1-2H3. The van der Waals surface area contributed by atoms with Crippen molar-refractivity contribution in [3.63, 3.8) is 0 Å². The summed E-state index contributed by atoms with van der Waals surface area (Å²) in [6, 6.07) is 5.69. The summed E-state index contributed by atoms with van der Waals surface area (Å²) >= 11 is 2.16. The minimum absolute atomic E-state index is 0.0622. The fourth-order valence-electron chi connectivity index (χ4n) is 2.59. The molecular formula is C15H21IN2O2. The average Bonchev–Trinajstić information content (AvgIpc) is 2.48. The van der Waals surface area contributed by atoms with Crippen LogP contribution in [0, 0.1) is 3.57 Å². The number of carbonyl (C=O) groups is 1. The van der Waals surface area contributed by atoms with E-state index in [1.807, 2.05) is 4.90 Å². The van der Waals surface area contributed by atoms with Gasteiger partial charge in [-0.25, -0.2) is 0 Å². The molecule has 2 unspecified atom stereocenters. The van der Waals surface area contributed by atoms with Crippen molar-refractivity contribution in [2.45, 2.75) is 38.8 Å². The van der Waals surface area contributed by atoms with Crippen molar-refractivity contribution in [1.82, 2.24) is 10.2 Å². The highest BCUT2D eigenvalue weighted by Gasteiger charge is 2.31. The molecule has 1 amide bonds. The first-order valence-electron chi connectivity index (χ1n) is 7.09. The quantitative estimate of drug-likeness (QED) is 0.783. The van der Waals surface area contributed by atoms with Gasteiger partial charge in [-0.3, -0.25) is 4.79 Å². The molecule has 2 atom stereocenters. The normalized spacial score (nSPS) is 22.9. The van der Waals surface area contributed by atoms with Gasteiger partial charge < -0.3 is 15.3 Å². The van der Waals surface area contributed by atoms with E-state index in [0.29, 0.717) is 18.2 Å². The van der Waals surface area contributed by atoms with Gasteiger partial charge in [-0.05, 0) is 53.6 Å². The maximum absolute atomic E-state index is 12.7. The van der Waals surface area contributed by atoms with E-state index in [1.165, 1.54) is 0 Å². The Hall–Kier alpha value is -0.820. The van der Waals surface area contributed by atoms with Crippen molar-refractivity contribution in [3.8, 4) is 5.75 Å². The van der Waals surface area contributed by atoms with Crippen LogP contribution in [0.5, 0.6) is 5.75 Å². The van der Waals surface area contributed by atoms with Crippen LogP contribution in [0.25, 0.3) is 0 Å². The summed E-state index contributed by atoms with van der Waals surface area (Å²) in [5.41, 5.74) is 0.409. The fourth-order valence-corrected chi connectivity index (χ4v) is 3.08. The van der Waals surface area contributed by atoms with Crippen molar-refractivity contribution >= 4 is 28.5 Å². The molecule has 1 aromatic carbocycles. The smallest absolute Gasteiger partial charge is 0.257 e. The lowest BCUT2D eigenvalue weighted by Gasteiger charge is -2.40. The van der Waals surface area contributed by atoms with Crippen molar-refractivity contribution < 1.29 is 9.90 Å². The number of carbonyl (C=O) groups excluding carboxylic acids is 1. The van der Waals surface area contributed by atoms with Crippen LogP contribution in [0.3, 0.4) is 0 Å². The predicted molar refractivity (Wildman–Crippen MR) is 88.0 cm³/mol. The second-order valence-corrected chi connectivity index (χ2v) is 6.44. The van der Waals surface area contributed by atoms with Crippen molar-refractivity contribution in [2.75, 3.05) is 13.1 Å². The van der Waals surface area contributed by atoms with Crippen LogP contribution in [0.4, 0.5) is 0 Å². The van der Waals surface area contributed by atoms with Crippen LogP contribution in [0.2, 0.25) is 0 Å². The molecule has 5 heteroatoms. The van der Waals surface area contributed by atoms with Crippen LogP contribution in [0.15, 0.2) is 18.2 Å². The van der Waals surface area contributed by atoms with Gasteiger partial charge in [0.2, 0.25) is 0 Å². The average molecular weight is 388 g/mol. The monoisotopic (exact) mass is 388 g/mol. The van der Waals surface area contributed by atoms with E-state index in [1.54, 1.807) is 18.2 Å².